The fourth-order valence-electron chi connectivity index (χ4n) is 1.54. The van der Waals surface area contributed by atoms with Gasteiger partial charge in [-0.2, -0.15) is 0 Å². The normalized spacial score (nSPS) is 11.7. The number of nitrogens with zero attached hydrogens (tertiary/aromatic N) is 1. The molecule has 0 fully saturated rings. The summed E-state index contributed by atoms with van der Waals surface area (Å²) in [4.78, 5) is 15.9. The Balaban J connectivity index is 1.94. The van der Waals surface area contributed by atoms with Crippen molar-refractivity contribution in [1.29, 1.82) is 0 Å². The molecule has 2 aromatic rings. The van der Waals surface area contributed by atoms with Gasteiger partial charge in [-0.05, 0) is 38.1 Å². The van der Waals surface area contributed by atoms with Crippen LogP contribution >= 0.6 is 0 Å². The average molecular weight is 256 g/mol. The monoisotopic (exact) mass is 256 g/mol. The Morgan fingerprint density at radius 2 is 1.95 bits per heavy atom. The van der Waals surface area contributed by atoms with Crippen molar-refractivity contribution in [1.82, 2.24) is 4.98 Å². The van der Waals surface area contributed by atoms with Crippen molar-refractivity contribution in [3.05, 3.63) is 54.2 Å². The molecule has 0 spiro atoms. The Morgan fingerprint density at radius 1 is 1.21 bits per heavy atom. The minimum Gasteiger partial charge on any atom is -0.481 e. The molecule has 0 unspecified atom stereocenters. The second-order valence-corrected chi connectivity index (χ2v) is 4.28. The van der Waals surface area contributed by atoms with Crippen molar-refractivity contribution in [3.63, 3.8) is 0 Å². The second-order valence-electron chi connectivity index (χ2n) is 4.28. The van der Waals surface area contributed by atoms with Crippen LogP contribution in [0.4, 0.5) is 5.82 Å². The molecule has 1 aromatic heterocycles. The molecule has 0 aliphatic carbocycles. The number of rotatable bonds is 4. The Kier molecular flexibility index (Phi) is 4.13. The van der Waals surface area contributed by atoms with E-state index in [2.05, 4.69) is 10.3 Å². The van der Waals surface area contributed by atoms with Crippen LogP contribution in [0.2, 0.25) is 0 Å². The lowest BCUT2D eigenvalue weighted by molar-refractivity contribution is -0.122. The van der Waals surface area contributed by atoms with Crippen molar-refractivity contribution in [3.8, 4) is 5.75 Å². The number of nitrogens with one attached hydrogen (secondary N) is 1. The van der Waals surface area contributed by atoms with Gasteiger partial charge in [0.15, 0.2) is 6.10 Å². The molecule has 0 saturated carbocycles. The van der Waals surface area contributed by atoms with Crippen molar-refractivity contribution < 1.29 is 9.53 Å². The number of ether oxygens (including phenoxy) is 1. The van der Waals surface area contributed by atoms with Gasteiger partial charge in [0.05, 0.1) is 0 Å². The number of carbonyl (C=O) groups is 1. The molecule has 0 saturated heterocycles. The predicted molar refractivity (Wildman–Crippen MR) is 74.1 cm³/mol. The maximum atomic E-state index is 11.9. The van der Waals surface area contributed by atoms with Crippen molar-refractivity contribution in [2.45, 2.75) is 20.0 Å². The van der Waals surface area contributed by atoms with Crippen LogP contribution in [0.1, 0.15) is 12.5 Å². The fourth-order valence-corrected chi connectivity index (χ4v) is 1.54. The Hall–Kier alpha value is -2.36. The number of carbonyl (C=O) groups excluding carboxylic acids is 1. The van der Waals surface area contributed by atoms with E-state index in [4.69, 9.17) is 4.74 Å². The number of anilines is 1. The smallest absolute Gasteiger partial charge is 0.266 e. The summed E-state index contributed by atoms with van der Waals surface area (Å²) in [7, 11) is 0. The summed E-state index contributed by atoms with van der Waals surface area (Å²) < 4.78 is 5.56. The third kappa shape index (κ3) is 3.81. The van der Waals surface area contributed by atoms with E-state index in [0.29, 0.717) is 11.6 Å². The summed E-state index contributed by atoms with van der Waals surface area (Å²) in [6.07, 6.45) is 1.05. The highest BCUT2D eigenvalue weighted by atomic mass is 16.5. The lowest BCUT2D eigenvalue weighted by Crippen LogP contribution is -2.30. The van der Waals surface area contributed by atoms with Crippen LogP contribution in [0.5, 0.6) is 5.75 Å². The first-order chi connectivity index (χ1) is 9.15. The molecule has 4 heteroatoms. The van der Waals surface area contributed by atoms with Crippen LogP contribution in [0.15, 0.2) is 48.7 Å². The minimum atomic E-state index is -0.579. The van der Waals surface area contributed by atoms with Gasteiger partial charge in [0.1, 0.15) is 11.6 Å². The molecule has 1 aromatic carbocycles. The lowest BCUT2D eigenvalue weighted by Gasteiger charge is -2.14. The molecule has 98 valence electrons. The molecular weight excluding hydrogens is 240 g/mol. The van der Waals surface area contributed by atoms with Gasteiger partial charge in [0.25, 0.3) is 5.91 Å². The van der Waals surface area contributed by atoms with E-state index in [1.54, 1.807) is 25.3 Å². The van der Waals surface area contributed by atoms with E-state index in [1.165, 1.54) is 0 Å². The summed E-state index contributed by atoms with van der Waals surface area (Å²) >= 11 is 0. The number of aromatic nitrogens is 1. The van der Waals surface area contributed by atoms with Gasteiger partial charge < -0.3 is 10.1 Å². The van der Waals surface area contributed by atoms with Gasteiger partial charge in [0, 0.05) is 6.20 Å². The van der Waals surface area contributed by atoms with Crippen molar-refractivity contribution in [2.24, 2.45) is 0 Å². The van der Waals surface area contributed by atoms with Gasteiger partial charge >= 0.3 is 0 Å². The van der Waals surface area contributed by atoms with E-state index < -0.39 is 6.10 Å². The molecular formula is C15H16N2O2. The first-order valence-corrected chi connectivity index (χ1v) is 6.10. The quantitative estimate of drug-likeness (QED) is 0.915. The first kappa shape index (κ1) is 13.1. The zero-order chi connectivity index (χ0) is 13.7. The molecule has 1 amide bonds. The van der Waals surface area contributed by atoms with Gasteiger partial charge in [0.2, 0.25) is 0 Å². The Morgan fingerprint density at radius 3 is 2.58 bits per heavy atom. The summed E-state index contributed by atoms with van der Waals surface area (Å²) in [6.45, 7) is 3.71. The SMILES string of the molecule is Cc1ccc(O[C@@H](C)C(=O)Nc2ccccn2)cc1. The highest BCUT2D eigenvalue weighted by Gasteiger charge is 2.14. The molecule has 0 radical (unpaired) electrons. The molecule has 0 aliphatic heterocycles. The lowest BCUT2D eigenvalue weighted by atomic mass is 10.2. The number of benzene rings is 1. The summed E-state index contributed by atoms with van der Waals surface area (Å²) in [5.41, 5.74) is 1.15. The molecule has 4 nitrogen and oxygen atoms in total. The first-order valence-electron chi connectivity index (χ1n) is 6.10. The molecule has 1 atom stereocenters. The minimum absolute atomic E-state index is 0.223. The number of pyridine rings is 1. The molecule has 1 N–H and O–H groups in total. The van der Waals surface area contributed by atoms with Crippen molar-refractivity contribution >= 4 is 11.7 Å². The predicted octanol–water partition coefficient (Wildman–Crippen LogP) is 2.80. The number of hydrogen-bond acceptors (Lipinski definition) is 3. The van der Waals surface area contributed by atoms with Gasteiger partial charge in [-0.3, -0.25) is 4.79 Å². The maximum Gasteiger partial charge on any atom is 0.266 e. The topological polar surface area (TPSA) is 51.2 Å². The van der Waals surface area contributed by atoms with Crippen LogP contribution in [-0.4, -0.2) is 17.0 Å². The van der Waals surface area contributed by atoms with Gasteiger partial charge in [-0.15, -0.1) is 0 Å². The Bertz CT molecular complexity index is 538. The van der Waals surface area contributed by atoms with Crippen LogP contribution in [0.3, 0.4) is 0 Å². The van der Waals surface area contributed by atoms with Crippen LogP contribution < -0.4 is 10.1 Å². The highest BCUT2D eigenvalue weighted by molar-refractivity contribution is 5.93. The fraction of sp³-hybridized carbons (Fsp3) is 0.200. The zero-order valence-electron chi connectivity index (χ0n) is 11.0. The number of amides is 1. The van der Waals surface area contributed by atoms with E-state index in [0.717, 1.165) is 5.56 Å². The number of hydrogen-bond donors (Lipinski definition) is 1. The molecule has 1 heterocycles. The molecule has 0 aliphatic rings. The Labute approximate surface area is 112 Å². The van der Waals surface area contributed by atoms with Crippen LogP contribution in [0, 0.1) is 6.92 Å². The molecule has 2 rings (SSSR count). The third-order valence-electron chi connectivity index (χ3n) is 2.62. The van der Waals surface area contributed by atoms with E-state index in [1.807, 2.05) is 37.3 Å². The third-order valence-corrected chi connectivity index (χ3v) is 2.62. The largest absolute Gasteiger partial charge is 0.481 e. The van der Waals surface area contributed by atoms with Gasteiger partial charge in [-0.1, -0.05) is 23.8 Å². The number of aryl methyl sites for hydroxylation is 1. The van der Waals surface area contributed by atoms with E-state index >= 15 is 0 Å². The molecule has 19 heavy (non-hydrogen) atoms. The van der Waals surface area contributed by atoms with Crippen LogP contribution in [-0.2, 0) is 4.79 Å². The van der Waals surface area contributed by atoms with Gasteiger partial charge in [-0.25, -0.2) is 4.98 Å². The summed E-state index contributed by atoms with van der Waals surface area (Å²) in [6, 6.07) is 12.9. The summed E-state index contributed by atoms with van der Waals surface area (Å²) in [5, 5.41) is 2.70. The summed E-state index contributed by atoms with van der Waals surface area (Å²) in [5.74, 6) is 0.973. The van der Waals surface area contributed by atoms with Crippen LogP contribution in [0.25, 0.3) is 0 Å². The second kappa shape index (κ2) is 6.00. The molecule has 0 bridgehead atoms. The maximum absolute atomic E-state index is 11.9. The highest BCUT2D eigenvalue weighted by Crippen LogP contribution is 2.14. The van der Waals surface area contributed by atoms with E-state index in [9.17, 15) is 4.79 Å². The standard InChI is InChI=1S/C15H16N2O2/c1-11-6-8-13(9-7-11)19-12(2)15(18)17-14-5-3-4-10-16-14/h3-10,12H,1-2H3,(H,16,17,18)/t12-/m0/s1. The average Bonchev–Trinajstić information content (AvgIpc) is 2.42. The van der Waals surface area contributed by atoms with Crippen molar-refractivity contribution in [2.75, 3.05) is 5.32 Å². The van der Waals surface area contributed by atoms with E-state index in [-0.39, 0.29) is 5.91 Å². The zero-order valence-corrected chi connectivity index (χ0v) is 11.0.